The predicted octanol–water partition coefficient (Wildman–Crippen LogP) is 3.19. The molecule has 0 bridgehead atoms. The van der Waals surface area contributed by atoms with Gasteiger partial charge < -0.3 is 11.1 Å². The van der Waals surface area contributed by atoms with Crippen LogP contribution in [0.1, 0.15) is 38.2 Å². The average Bonchev–Trinajstić information content (AvgIpc) is 2.80. The molecule has 1 amide bonds. The maximum Gasteiger partial charge on any atom is 0.240 e. The van der Waals surface area contributed by atoms with Crippen molar-refractivity contribution in [3.8, 4) is 0 Å². The van der Waals surface area contributed by atoms with E-state index in [1.54, 1.807) is 0 Å². The molecule has 5 heteroatoms. The summed E-state index contributed by atoms with van der Waals surface area (Å²) in [6.07, 6.45) is 4.57. The van der Waals surface area contributed by atoms with Gasteiger partial charge in [0.1, 0.15) is 0 Å². The van der Waals surface area contributed by atoms with Crippen molar-refractivity contribution >= 4 is 34.2 Å². The lowest BCUT2D eigenvalue weighted by Gasteiger charge is -2.25. The quantitative estimate of drug-likeness (QED) is 0.865. The Kier molecular flexibility index (Phi) is 6.49. The molecule has 1 atom stereocenters. The van der Waals surface area contributed by atoms with Crippen LogP contribution in [0.5, 0.6) is 0 Å². The first-order chi connectivity index (χ1) is 8.99. The number of hydrogen-bond donors (Lipinski definition) is 2. The van der Waals surface area contributed by atoms with E-state index in [0.717, 1.165) is 36.6 Å². The van der Waals surface area contributed by atoms with Gasteiger partial charge in [-0.05, 0) is 43.9 Å². The second-order valence-corrected chi connectivity index (χ2v) is 6.48. The van der Waals surface area contributed by atoms with Crippen LogP contribution < -0.4 is 11.1 Å². The summed E-state index contributed by atoms with van der Waals surface area (Å²) in [6, 6.07) is 8.28. The minimum absolute atomic E-state index is 0. The fraction of sp³-hybridized carbons (Fsp3) is 0.533. The molecule has 1 unspecified atom stereocenters. The van der Waals surface area contributed by atoms with Crippen LogP contribution in [0.15, 0.2) is 28.7 Å². The van der Waals surface area contributed by atoms with Gasteiger partial charge in [0.15, 0.2) is 0 Å². The molecule has 20 heavy (non-hydrogen) atoms. The summed E-state index contributed by atoms with van der Waals surface area (Å²) in [5.74, 6) is 0.00890. The molecule has 1 saturated carbocycles. The zero-order valence-electron chi connectivity index (χ0n) is 11.7. The second kappa shape index (κ2) is 7.43. The van der Waals surface area contributed by atoms with Crippen molar-refractivity contribution in [2.45, 2.75) is 50.6 Å². The molecule has 0 heterocycles. The van der Waals surface area contributed by atoms with Crippen molar-refractivity contribution in [3.63, 3.8) is 0 Å². The van der Waals surface area contributed by atoms with Gasteiger partial charge in [-0.1, -0.05) is 40.9 Å². The number of carbonyl (C=O) groups excluding carboxylic acids is 1. The molecule has 0 spiro atoms. The lowest BCUT2D eigenvalue weighted by Crippen LogP contribution is -2.54. The third-order valence-electron chi connectivity index (χ3n) is 3.78. The number of hydrogen-bond acceptors (Lipinski definition) is 2. The zero-order valence-corrected chi connectivity index (χ0v) is 14.1. The maximum atomic E-state index is 12.2. The summed E-state index contributed by atoms with van der Waals surface area (Å²) in [6.45, 7) is 2.03. The highest BCUT2D eigenvalue weighted by Crippen LogP contribution is 2.27. The monoisotopic (exact) mass is 360 g/mol. The first kappa shape index (κ1) is 17.5. The van der Waals surface area contributed by atoms with Crippen LogP contribution in [0, 0.1) is 0 Å². The molecule has 2 rings (SSSR count). The van der Waals surface area contributed by atoms with Crippen LogP contribution >= 0.6 is 28.3 Å². The van der Waals surface area contributed by atoms with Gasteiger partial charge >= 0.3 is 0 Å². The number of halogens is 2. The largest absolute Gasteiger partial charge is 0.352 e. The van der Waals surface area contributed by atoms with Crippen molar-refractivity contribution in [1.29, 1.82) is 0 Å². The summed E-state index contributed by atoms with van der Waals surface area (Å²) in [5, 5.41) is 3.05. The molecule has 0 radical (unpaired) electrons. The Balaban J connectivity index is 0.00000200. The summed E-state index contributed by atoms with van der Waals surface area (Å²) in [7, 11) is 0. The van der Waals surface area contributed by atoms with Gasteiger partial charge in [-0.2, -0.15) is 0 Å². The minimum Gasteiger partial charge on any atom is -0.352 e. The lowest BCUT2D eigenvalue weighted by molar-refractivity contribution is -0.126. The van der Waals surface area contributed by atoms with Crippen molar-refractivity contribution < 1.29 is 4.79 Å². The highest BCUT2D eigenvalue weighted by molar-refractivity contribution is 9.10. The molecular formula is C15H22BrClN2O. The van der Waals surface area contributed by atoms with E-state index in [1.807, 2.05) is 19.1 Å². The number of nitrogens with one attached hydrogen (secondary N) is 1. The molecule has 112 valence electrons. The highest BCUT2D eigenvalue weighted by Gasteiger charge is 2.37. The molecule has 1 aliphatic rings. The molecule has 1 fully saturated rings. The molecule has 0 saturated heterocycles. The Bertz CT molecular complexity index is 444. The first-order valence-corrected chi connectivity index (χ1v) is 7.63. The molecule has 3 N–H and O–H groups in total. The lowest BCUT2D eigenvalue weighted by atomic mass is 9.97. The number of benzene rings is 1. The Hall–Kier alpha value is -0.580. The van der Waals surface area contributed by atoms with E-state index in [4.69, 9.17) is 5.73 Å². The van der Waals surface area contributed by atoms with Crippen molar-refractivity contribution in [2.24, 2.45) is 5.73 Å². The molecule has 0 aliphatic heterocycles. The third kappa shape index (κ3) is 4.47. The fourth-order valence-electron chi connectivity index (χ4n) is 2.63. The Morgan fingerprint density at radius 2 is 1.90 bits per heavy atom. The van der Waals surface area contributed by atoms with Crippen molar-refractivity contribution in [1.82, 2.24) is 5.32 Å². The topological polar surface area (TPSA) is 55.1 Å². The standard InChI is InChI=1S/C15H21BrN2O.ClH/c1-11(10-12-4-6-13(16)7-5-12)18-14(19)15(17)8-2-3-9-15;/h4-7,11H,2-3,8-10,17H2,1H3,(H,18,19);1H. The molecule has 1 aromatic rings. The van der Waals surface area contributed by atoms with Crippen molar-refractivity contribution in [2.75, 3.05) is 0 Å². The van der Waals surface area contributed by atoms with Gasteiger partial charge in [0, 0.05) is 10.5 Å². The molecular weight excluding hydrogens is 340 g/mol. The summed E-state index contributed by atoms with van der Waals surface area (Å²) < 4.78 is 1.07. The third-order valence-corrected chi connectivity index (χ3v) is 4.31. The average molecular weight is 362 g/mol. The van der Waals surface area contributed by atoms with Crippen LogP contribution in [-0.4, -0.2) is 17.5 Å². The van der Waals surface area contributed by atoms with E-state index >= 15 is 0 Å². The van der Waals surface area contributed by atoms with Gasteiger partial charge in [-0.3, -0.25) is 4.79 Å². The van der Waals surface area contributed by atoms with Gasteiger partial charge in [0.2, 0.25) is 5.91 Å². The zero-order chi connectivity index (χ0) is 13.9. The summed E-state index contributed by atoms with van der Waals surface area (Å²) in [4.78, 5) is 12.2. The maximum absolute atomic E-state index is 12.2. The van der Waals surface area contributed by atoms with Crippen LogP contribution in [-0.2, 0) is 11.2 Å². The van der Waals surface area contributed by atoms with Crippen LogP contribution in [0.3, 0.4) is 0 Å². The summed E-state index contributed by atoms with van der Waals surface area (Å²) in [5.41, 5.74) is 6.73. The number of nitrogens with two attached hydrogens (primary N) is 1. The van der Waals surface area contributed by atoms with E-state index in [1.165, 1.54) is 5.56 Å². The molecule has 1 aliphatic carbocycles. The number of carbonyl (C=O) groups is 1. The Labute approximate surface area is 135 Å². The molecule has 0 aromatic heterocycles. The van der Waals surface area contributed by atoms with Gasteiger partial charge in [-0.15, -0.1) is 12.4 Å². The van der Waals surface area contributed by atoms with Gasteiger partial charge in [0.25, 0.3) is 0 Å². The van der Waals surface area contributed by atoms with Crippen LogP contribution in [0.4, 0.5) is 0 Å². The normalized spacial score (nSPS) is 18.1. The Morgan fingerprint density at radius 1 is 1.35 bits per heavy atom. The first-order valence-electron chi connectivity index (χ1n) is 6.84. The second-order valence-electron chi connectivity index (χ2n) is 5.57. The van der Waals surface area contributed by atoms with Crippen LogP contribution in [0.2, 0.25) is 0 Å². The number of amides is 1. The van der Waals surface area contributed by atoms with E-state index in [2.05, 4.69) is 33.4 Å². The minimum atomic E-state index is -0.631. The predicted molar refractivity (Wildman–Crippen MR) is 88.1 cm³/mol. The molecule has 3 nitrogen and oxygen atoms in total. The van der Waals surface area contributed by atoms with Gasteiger partial charge in [0.05, 0.1) is 5.54 Å². The summed E-state index contributed by atoms with van der Waals surface area (Å²) >= 11 is 3.42. The SMILES string of the molecule is CC(Cc1ccc(Br)cc1)NC(=O)C1(N)CCCC1.Cl. The Morgan fingerprint density at radius 3 is 2.45 bits per heavy atom. The highest BCUT2D eigenvalue weighted by atomic mass is 79.9. The van der Waals surface area contributed by atoms with Crippen molar-refractivity contribution in [3.05, 3.63) is 34.3 Å². The van der Waals surface area contributed by atoms with E-state index < -0.39 is 5.54 Å². The number of rotatable bonds is 4. The van der Waals surface area contributed by atoms with E-state index in [9.17, 15) is 4.79 Å². The van der Waals surface area contributed by atoms with Crippen LogP contribution in [0.25, 0.3) is 0 Å². The van der Waals surface area contributed by atoms with E-state index in [-0.39, 0.29) is 24.4 Å². The molecule has 1 aromatic carbocycles. The smallest absolute Gasteiger partial charge is 0.240 e. The van der Waals surface area contributed by atoms with Gasteiger partial charge in [-0.25, -0.2) is 0 Å². The fourth-order valence-corrected chi connectivity index (χ4v) is 2.89. The van der Waals surface area contributed by atoms with E-state index in [0.29, 0.717) is 0 Å².